The molecule has 0 unspecified atom stereocenters. The van der Waals surface area contributed by atoms with Gasteiger partial charge in [0, 0.05) is 19.6 Å². The first-order chi connectivity index (χ1) is 11.8. The molecule has 1 aromatic heterocycles. The molecule has 0 spiro atoms. The average Bonchev–Trinajstić information content (AvgIpc) is 2.93. The van der Waals surface area contributed by atoms with E-state index in [4.69, 9.17) is 9.47 Å². The van der Waals surface area contributed by atoms with Gasteiger partial charge in [-0.1, -0.05) is 0 Å². The normalized spacial score (nSPS) is 15.9. The molecule has 0 aromatic carbocycles. The molecule has 2 rings (SSSR count). The molecule has 0 radical (unpaired) electrons. The molecule has 1 saturated heterocycles. The van der Waals surface area contributed by atoms with Crippen LogP contribution in [0.25, 0.3) is 0 Å². The number of ether oxygens (including phenoxy) is 2. The minimum Gasteiger partial charge on any atom is -0.466 e. The van der Waals surface area contributed by atoms with Crippen molar-refractivity contribution in [3.8, 4) is 0 Å². The number of hydrogen-bond donors (Lipinski definition) is 0. The lowest BCUT2D eigenvalue weighted by Crippen LogP contribution is -2.42. The SMILES string of the molecule is CCOC(=O)Cc1nnnn1CC1CCN(C(=O)OC(C)(C)C)CC1. The number of rotatable bonds is 5. The molecule has 2 heterocycles. The third kappa shape index (κ3) is 5.99. The summed E-state index contributed by atoms with van der Waals surface area (Å²) in [6.07, 6.45) is 1.49. The summed E-state index contributed by atoms with van der Waals surface area (Å²) < 4.78 is 12.0. The molecule has 0 N–H and O–H groups in total. The maximum absolute atomic E-state index is 12.1. The van der Waals surface area contributed by atoms with E-state index in [1.54, 1.807) is 16.5 Å². The van der Waals surface area contributed by atoms with Crippen molar-refractivity contribution >= 4 is 12.1 Å². The lowest BCUT2D eigenvalue weighted by molar-refractivity contribution is -0.142. The highest BCUT2D eigenvalue weighted by molar-refractivity contribution is 5.71. The van der Waals surface area contributed by atoms with Gasteiger partial charge in [-0.2, -0.15) is 0 Å². The Morgan fingerprint density at radius 2 is 1.92 bits per heavy atom. The van der Waals surface area contributed by atoms with E-state index < -0.39 is 5.60 Å². The minimum atomic E-state index is -0.484. The van der Waals surface area contributed by atoms with Crippen LogP contribution in [0.5, 0.6) is 0 Å². The number of likely N-dealkylation sites (tertiary alicyclic amines) is 1. The molecule has 0 aliphatic carbocycles. The van der Waals surface area contributed by atoms with Gasteiger partial charge in [-0.15, -0.1) is 5.10 Å². The molecule has 25 heavy (non-hydrogen) atoms. The number of hydrogen-bond acceptors (Lipinski definition) is 7. The van der Waals surface area contributed by atoms with Crippen LogP contribution in [0, 0.1) is 5.92 Å². The highest BCUT2D eigenvalue weighted by Crippen LogP contribution is 2.21. The van der Waals surface area contributed by atoms with E-state index >= 15 is 0 Å². The fraction of sp³-hybridized carbons (Fsp3) is 0.812. The third-order valence-electron chi connectivity index (χ3n) is 3.91. The zero-order chi connectivity index (χ0) is 18.4. The molecule has 9 heteroatoms. The quantitative estimate of drug-likeness (QED) is 0.738. The standard InChI is InChI=1S/C16H27N5O4/c1-5-24-14(22)10-13-17-18-19-21(13)11-12-6-8-20(9-7-12)15(23)25-16(2,3)4/h12H,5-11H2,1-4H3. The van der Waals surface area contributed by atoms with Crippen molar-refractivity contribution in [2.75, 3.05) is 19.7 Å². The molecule has 140 valence electrons. The van der Waals surface area contributed by atoms with Crippen molar-refractivity contribution in [3.05, 3.63) is 5.82 Å². The van der Waals surface area contributed by atoms with Gasteiger partial charge < -0.3 is 14.4 Å². The second-order valence-corrected chi connectivity index (χ2v) is 7.17. The largest absolute Gasteiger partial charge is 0.466 e. The van der Waals surface area contributed by atoms with Gasteiger partial charge >= 0.3 is 12.1 Å². The van der Waals surface area contributed by atoms with Crippen LogP contribution >= 0.6 is 0 Å². The van der Waals surface area contributed by atoms with Crippen molar-refractivity contribution in [3.63, 3.8) is 0 Å². The van der Waals surface area contributed by atoms with Crippen LogP contribution in [0.15, 0.2) is 0 Å². The first-order valence-electron chi connectivity index (χ1n) is 8.67. The van der Waals surface area contributed by atoms with Gasteiger partial charge in [-0.05, 0) is 56.9 Å². The fourth-order valence-electron chi connectivity index (χ4n) is 2.70. The topological polar surface area (TPSA) is 99.4 Å². The zero-order valence-corrected chi connectivity index (χ0v) is 15.4. The number of carbonyl (C=O) groups is 2. The van der Waals surface area contributed by atoms with E-state index in [0.29, 0.717) is 38.0 Å². The highest BCUT2D eigenvalue weighted by atomic mass is 16.6. The Balaban J connectivity index is 1.84. The first-order valence-corrected chi connectivity index (χ1v) is 8.67. The van der Waals surface area contributed by atoms with E-state index in [0.717, 1.165) is 12.8 Å². The van der Waals surface area contributed by atoms with Crippen LogP contribution in [-0.4, -0.2) is 62.5 Å². The van der Waals surface area contributed by atoms with Crippen LogP contribution in [0.4, 0.5) is 4.79 Å². The number of tetrazole rings is 1. The maximum atomic E-state index is 12.1. The summed E-state index contributed by atoms with van der Waals surface area (Å²) in [6, 6.07) is 0. The van der Waals surface area contributed by atoms with Crippen molar-refractivity contribution in [1.29, 1.82) is 0 Å². The van der Waals surface area contributed by atoms with Crippen LogP contribution in [0.1, 0.15) is 46.4 Å². The summed E-state index contributed by atoms with van der Waals surface area (Å²) in [6.45, 7) is 9.61. The molecule has 0 bridgehead atoms. The first kappa shape index (κ1) is 19.1. The summed E-state index contributed by atoms with van der Waals surface area (Å²) >= 11 is 0. The average molecular weight is 353 g/mol. The number of nitrogens with zero attached hydrogens (tertiary/aromatic N) is 5. The predicted octanol–water partition coefficient (Wildman–Crippen LogP) is 1.43. The van der Waals surface area contributed by atoms with Crippen molar-refractivity contribution in [2.45, 2.75) is 59.1 Å². The smallest absolute Gasteiger partial charge is 0.410 e. The van der Waals surface area contributed by atoms with Gasteiger partial charge in [-0.3, -0.25) is 4.79 Å². The van der Waals surface area contributed by atoms with Gasteiger partial charge in [-0.25, -0.2) is 9.48 Å². The van der Waals surface area contributed by atoms with E-state index in [2.05, 4.69) is 15.5 Å². The zero-order valence-electron chi connectivity index (χ0n) is 15.4. The van der Waals surface area contributed by atoms with Gasteiger partial charge in [0.1, 0.15) is 12.0 Å². The lowest BCUT2D eigenvalue weighted by Gasteiger charge is -2.33. The van der Waals surface area contributed by atoms with E-state index in [1.807, 2.05) is 20.8 Å². The molecule has 1 amide bonds. The minimum absolute atomic E-state index is 0.0671. The van der Waals surface area contributed by atoms with Gasteiger partial charge in [0.05, 0.1) is 6.61 Å². The Hall–Kier alpha value is -2.19. The maximum Gasteiger partial charge on any atom is 0.410 e. The predicted molar refractivity (Wildman–Crippen MR) is 88.7 cm³/mol. The molecule has 1 aliphatic heterocycles. The Labute approximate surface area is 147 Å². The summed E-state index contributed by atoms with van der Waals surface area (Å²) in [5, 5.41) is 11.5. The van der Waals surface area contributed by atoms with Crippen LogP contribution in [-0.2, 0) is 27.2 Å². The molecule has 0 saturated carbocycles. The van der Waals surface area contributed by atoms with Crippen molar-refractivity contribution < 1.29 is 19.1 Å². The fourth-order valence-corrected chi connectivity index (χ4v) is 2.70. The third-order valence-corrected chi connectivity index (χ3v) is 3.91. The second kappa shape index (κ2) is 8.26. The second-order valence-electron chi connectivity index (χ2n) is 7.17. The molecule has 9 nitrogen and oxygen atoms in total. The van der Waals surface area contributed by atoms with Gasteiger partial charge in [0.2, 0.25) is 0 Å². The number of esters is 1. The summed E-state index contributed by atoms with van der Waals surface area (Å²) in [4.78, 5) is 25.4. The molecule has 1 aromatic rings. The molecule has 0 atom stereocenters. The molecular weight excluding hydrogens is 326 g/mol. The van der Waals surface area contributed by atoms with E-state index in [1.165, 1.54) is 0 Å². The molecule has 1 fully saturated rings. The number of aromatic nitrogens is 4. The Morgan fingerprint density at radius 1 is 1.24 bits per heavy atom. The number of piperidine rings is 1. The van der Waals surface area contributed by atoms with Crippen LogP contribution in [0.2, 0.25) is 0 Å². The van der Waals surface area contributed by atoms with Gasteiger partial charge in [0.25, 0.3) is 0 Å². The lowest BCUT2D eigenvalue weighted by atomic mass is 9.97. The number of amides is 1. The van der Waals surface area contributed by atoms with E-state index in [-0.39, 0.29) is 18.5 Å². The summed E-state index contributed by atoms with van der Waals surface area (Å²) in [5.41, 5.74) is -0.484. The molecular formula is C16H27N5O4. The highest BCUT2D eigenvalue weighted by Gasteiger charge is 2.27. The van der Waals surface area contributed by atoms with Crippen LogP contribution < -0.4 is 0 Å². The van der Waals surface area contributed by atoms with E-state index in [9.17, 15) is 9.59 Å². The number of carbonyl (C=O) groups excluding carboxylic acids is 2. The van der Waals surface area contributed by atoms with Crippen LogP contribution in [0.3, 0.4) is 0 Å². The summed E-state index contributed by atoms with van der Waals surface area (Å²) in [7, 11) is 0. The monoisotopic (exact) mass is 353 g/mol. The van der Waals surface area contributed by atoms with Crippen molar-refractivity contribution in [2.24, 2.45) is 5.92 Å². The molecule has 1 aliphatic rings. The summed E-state index contributed by atoms with van der Waals surface area (Å²) in [5.74, 6) is 0.523. The van der Waals surface area contributed by atoms with Gasteiger partial charge in [0.15, 0.2) is 5.82 Å². The Kier molecular flexibility index (Phi) is 6.33. The van der Waals surface area contributed by atoms with Crippen molar-refractivity contribution in [1.82, 2.24) is 25.1 Å². The Bertz CT molecular complexity index is 588. The Morgan fingerprint density at radius 3 is 2.52 bits per heavy atom.